The zero-order chi connectivity index (χ0) is 22.0. The number of nitrogens with one attached hydrogen (secondary N) is 1. The second kappa shape index (κ2) is 9.07. The van der Waals surface area contributed by atoms with E-state index in [9.17, 15) is 0 Å². The number of nitrogens with zero attached hydrogens (tertiary/aromatic N) is 5. The molecule has 6 rings (SSSR count). The number of pyridine rings is 2. The second-order valence-electron chi connectivity index (χ2n) is 8.55. The van der Waals surface area contributed by atoms with Crippen LogP contribution in [0.3, 0.4) is 0 Å². The van der Waals surface area contributed by atoms with Crippen molar-refractivity contribution in [2.45, 2.75) is 37.8 Å². The van der Waals surface area contributed by atoms with Gasteiger partial charge in [0, 0.05) is 31.4 Å². The molecule has 33 heavy (non-hydrogen) atoms. The Balaban J connectivity index is 1.14. The zero-order valence-electron chi connectivity index (χ0n) is 18.3. The molecule has 1 N–H and O–H groups in total. The maximum absolute atomic E-state index is 6.48. The van der Waals surface area contributed by atoms with Crippen molar-refractivity contribution in [3.63, 3.8) is 0 Å². The Morgan fingerprint density at radius 1 is 1.03 bits per heavy atom. The van der Waals surface area contributed by atoms with Gasteiger partial charge in [-0.05, 0) is 49.3 Å². The number of hydrogen-bond acceptors (Lipinski definition) is 9. The molecule has 1 aliphatic carbocycles. The van der Waals surface area contributed by atoms with Crippen LogP contribution in [0.15, 0.2) is 42.0 Å². The first-order valence-corrected chi connectivity index (χ1v) is 12.4. The summed E-state index contributed by atoms with van der Waals surface area (Å²) >= 11 is 1.67. The molecular weight excluding hydrogens is 436 g/mol. The normalized spacial score (nSPS) is 21.4. The van der Waals surface area contributed by atoms with Crippen molar-refractivity contribution in [3.05, 3.63) is 42.0 Å². The van der Waals surface area contributed by atoms with E-state index in [0.717, 1.165) is 78.9 Å². The zero-order valence-corrected chi connectivity index (χ0v) is 19.1. The molecule has 4 aromatic heterocycles. The van der Waals surface area contributed by atoms with Crippen molar-refractivity contribution < 1.29 is 9.47 Å². The standard InChI is InChI=1S/C24H26N6O2S/c1-2-18-20(25-8-1)14-22(30-9-11-31-12-10-30)29-23(18)32-17-5-3-16(4-6-17)27-24-26-15-21-19(28-24)7-13-33-21/h1-2,7-8,13-17H,3-6,9-12H2,(H,26,27,28). The topological polar surface area (TPSA) is 85.3 Å². The van der Waals surface area contributed by atoms with Crippen LogP contribution in [-0.4, -0.2) is 58.4 Å². The van der Waals surface area contributed by atoms with E-state index in [2.05, 4.69) is 31.2 Å². The van der Waals surface area contributed by atoms with E-state index >= 15 is 0 Å². The minimum Gasteiger partial charge on any atom is -0.474 e. The number of ether oxygens (including phenoxy) is 2. The van der Waals surface area contributed by atoms with Gasteiger partial charge in [-0.3, -0.25) is 4.98 Å². The summed E-state index contributed by atoms with van der Waals surface area (Å²) in [6, 6.07) is 8.43. The van der Waals surface area contributed by atoms with Gasteiger partial charge in [-0.25, -0.2) is 9.97 Å². The summed E-state index contributed by atoms with van der Waals surface area (Å²) in [6.07, 6.45) is 7.80. The lowest BCUT2D eigenvalue weighted by Gasteiger charge is -2.31. The van der Waals surface area contributed by atoms with E-state index < -0.39 is 0 Å². The van der Waals surface area contributed by atoms with Crippen molar-refractivity contribution >= 4 is 44.2 Å². The van der Waals surface area contributed by atoms with Crippen LogP contribution in [-0.2, 0) is 4.74 Å². The SMILES string of the molecule is c1cnc2cc(N3CCOCC3)nc(OC3CCC(Nc4ncc5sccc5n4)CC3)c2c1. The number of thiophene rings is 1. The van der Waals surface area contributed by atoms with Gasteiger partial charge < -0.3 is 19.7 Å². The molecule has 0 unspecified atom stereocenters. The molecule has 4 aromatic rings. The van der Waals surface area contributed by atoms with Gasteiger partial charge in [-0.2, -0.15) is 4.98 Å². The first kappa shape index (κ1) is 20.6. The second-order valence-corrected chi connectivity index (χ2v) is 9.50. The van der Waals surface area contributed by atoms with Gasteiger partial charge in [0.1, 0.15) is 11.9 Å². The molecule has 9 heteroatoms. The summed E-state index contributed by atoms with van der Waals surface area (Å²) in [6.45, 7) is 3.11. The quantitative estimate of drug-likeness (QED) is 0.471. The highest BCUT2D eigenvalue weighted by atomic mass is 32.1. The highest BCUT2D eigenvalue weighted by Crippen LogP contribution is 2.31. The molecule has 0 bridgehead atoms. The van der Waals surface area contributed by atoms with E-state index in [1.165, 1.54) is 0 Å². The number of aromatic nitrogens is 4. The van der Waals surface area contributed by atoms with E-state index in [0.29, 0.717) is 17.9 Å². The van der Waals surface area contributed by atoms with Crippen LogP contribution in [0, 0.1) is 0 Å². The Morgan fingerprint density at radius 3 is 2.79 bits per heavy atom. The molecule has 2 fully saturated rings. The predicted molar refractivity (Wildman–Crippen MR) is 130 cm³/mol. The van der Waals surface area contributed by atoms with Crippen molar-refractivity contribution in [2.75, 3.05) is 36.5 Å². The number of morpholine rings is 1. The Morgan fingerprint density at radius 2 is 1.91 bits per heavy atom. The van der Waals surface area contributed by atoms with Crippen LogP contribution in [0.4, 0.5) is 11.8 Å². The number of fused-ring (bicyclic) bond motifs is 2. The molecule has 0 atom stereocenters. The summed E-state index contributed by atoms with van der Waals surface area (Å²) < 4.78 is 13.1. The molecular formula is C24H26N6O2S. The highest BCUT2D eigenvalue weighted by Gasteiger charge is 2.25. The maximum atomic E-state index is 6.48. The fourth-order valence-corrected chi connectivity index (χ4v) is 5.27. The number of hydrogen-bond donors (Lipinski definition) is 1. The average Bonchev–Trinajstić information content (AvgIpc) is 3.34. The number of rotatable bonds is 5. The Bertz CT molecular complexity index is 1250. The van der Waals surface area contributed by atoms with Gasteiger partial charge >= 0.3 is 0 Å². The molecule has 0 aromatic carbocycles. The third kappa shape index (κ3) is 4.43. The van der Waals surface area contributed by atoms with E-state index in [1.807, 2.05) is 36.0 Å². The van der Waals surface area contributed by atoms with Crippen LogP contribution in [0.25, 0.3) is 21.1 Å². The lowest BCUT2D eigenvalue weighted by Crippen LogP contribution is -2.37. The van der Waals surface area contributed by atoms with Crippen LogP contribution in [0.2, 0.25) is 0 Å². The molecule has 1 saturated carbocycles. The Labute approximate surface area is 196 Å². The van der Waals surface area contributed by atoms with Gasteiger partial charge in [0.15, 0.2) is 0 Å². The van der Waals surface area contributed by atoms with Gasteiger partial charge in [0.05, 0.1) is 40.5 Å². The van der Waals surface area contributed by atoms with Crippen LogP contribution < -0.4 is 15.0 Å². The predicted octanol–water partition coefficient (Wildman–Crippen LogP) is 4.27. The fourth-order valence-electron chi connectivity index (χ4n) is 4.58. The first-order chi connectivity index (χ1) is 16.3. The largest absolute Gasteiger partial charge is 0.474 e. The van der Waals surface area contributed by atoms with Gasteiger partial charge in [0.2, 0.25) is 11.8 Å². The molecule has 8 nitrogen and oxygen atoms in total. The number of anilines is 2. The van der Waals surface area contributed by atoms with Crippen molar-refractivity contribution in [2.24, 2.45) is 0 Å². The molecule has 170 valence electrons. The van der Waals surface area contributed by atoms with Gasteiger partial charge in [-0.1, -0.05) is 0 Å². The van der Waals surface area contributed by atoms with E-state index in [4.69, 9.17) is 14.5 Å². The minimum absolute atomic E-state index is 0.138. The molecule has 0 amide bonds. The van der Waals surface area contributed by atoms with Crippen LogP contribution >= 0.6 is 11.3 Å². The lowest BCUT2D eigenvalue weighted by atomic mass is 9.93. The monoisotopic (exact) mass is 462 g/mol. The summed E-state index contributed by atoms with van der Waals surface area (Å²) in [7, 11) is 0. The minimum atomic E-state index is 0.138. The van der Waals surface area contributed by atoms with E-state index in [1.54, 1.807) is 11.3 Å². The summed E-state index contributed by atoms with van der Waals surface area (Å²) in [5.41, 5.74) is 1.92. The molecule has 5 heterocycles. The molecule has 0 radical (unpaired) electrons. The van der Waals surface area contributed by atoms with Crippen molar-refractivity contribution in [1.29, 1.82) is 0 Å². The molecule has 0 spiro atoms. The third-order valence-corrected chi connectivity index (χ3v) is 7.22. The van der Waals surface area contributed by atoms with E-state index in [-0.39, 0.29) is 6.10 Å². The van der Waals surface area contributed by atoms with Gasteiger partial charge in [-0.15, -0.1) is 11.3 Å². The molecule has 1 aliphatic heterocycles. The maximum Gasteiger partial charge on any atom is 0.225 e. The van der Waals surface area contributed by atoms with Crippen LogP contribution in [0.1, 0.15) is 25.7 Å². The first-order valence-electron chi connectivity index (χ1n) is 11.5. The van der Waals surface area contributed by atoms with Crippen molar-refractivity contribution in [1.82, 2.24) is 19.9 Å². The highest BCUT2D eigenvalue weighted by molar-refractivity contribution is 7.17. The summed E-state index contributed by atoms with van der Waals surface area (Å²) in [4.78, 5) is 20.8. The molecule has 1 saturated heterocycles. The molecule has 2 aliphatic rings. The average molecular weight is 463 g/mol. The summed E-state index contributed by atoms with van der Waals surface area (Å²) in [5, 5.41) is 6.53. The smallest absolute Gasteiger partial charge is 0.225 e. The Hall–Kier alpha value is -3.04. The van der Waals surface area contributed by atoms with Crippen molar-refractivity contribution in [3.8, 4) is 5.88 Å². The fraction of sp³-hybridized carbons (Fsp3) is 0.417. The Kier molecular flexibility index (Phi) is 5.65. The summed E-state index contributed by atoms with van der Waals surface area (Å²) in [5.74, 6) is 2.31. The van der Waals surface area contributed by atoms with Crippen LogP contribution in [0.5, 0.6) is 5.88 Å². The van der Waals surface area contributed by atoms with Gasteiger partial charge in [0.25, 0.3) is 0 Å². The third-order valence-electron chi connectivity index (χ3n) is 6.38. The lowest BCUT2D eigenvalue weighted by molar-refractivity contribution is 0.122.